The summed E-state index contributed by atoms with van der Waals surface area (Å²) >= 11 is 5.88. The van der Waals surface area contributed by atoms with E-state index in [2.05, 4.69) is 16.4 Å². The van der Waals surface area contributed by atoms with Crippen molar-refractivity contribution in [3.05, 3.63) is 34.6 Å². The van der Waals surface area contributed by atoms with E-state index >= 15 is 0 Å². The molecular formula is C12H12ClN3. The molecule has 2 heterocycles. The topological polar surface area (TPSA) is 48.7 Å². The van der Waals surface area contributed by atoms with Crippen LogP contribution in [0.1, 0.15) is 18.4 Å². The van der Waals surface area contributed by atoms with Crippen molar-refractivity contribution in [1.82, 2.24) is 10.3 Å². The highest BCUT2D eigenvalue weighted by Gasteiger charge is 2.12. The average molecular weight is 234 g/mol. The van der Waals surface area contributed by atoms with E-state index in [1.54, 1.807) is 18.5 Å². The first-order valence-corrected chi connectivity index (χ1v) is 5.63. The van der Waals surface area contributed by atoms with E-state index in [0.29, 0.717) is 5.02 Å². The number of hydrogen-bond donors (Lipinski definition) is 1. The summed E-state index contributed by atoms with van der Waals surface area (Å²) in [5.41, 5.74) is 2.76. The van der Waals surface area contributed by atoms with Gasteiger partial charge in [0, 0.05) is 18.0 Å². The molecule has 0 spiro atoms. The van der Waals surface area contributed by atoms with E-state index in [0.717, 1.165) is 37.1 Å². The molecule has 0 saturated carbocycles. The van der Waals surface area contributed by atoms with Gasteiger partial charge < -0.3 is 5.32 Å². The zero-order chi connectivity index (χ0) is 11.4. The SMILES string of the molecule is N#CC(=C1CCNCC1)c1cncc(Cl)c1. The molecule has 1 aromatic rings. The van der Waals surface area contributed by atoms with Crippen molar-refractivity contribution in [1.29, 1.82) is 5.26 Å². The van der Waals surface area contributed by atoms with Gasteiger partial charge in [0.15, 0.2) is 0 Å². The molecule has 82 valence electrons. The Morgan fingerprint density at radius 1 is 1.38 bits per heavy atom. The van der Waals surface area contributed by atoms with Crippen molar-refractivity contribution >= 4 is 17.2 Å². The quantitative estimate of drug-likeness (QED) is 0.758. The molecule has 1 saturated heterocycles. The molecule has 4 heteroatoms. The average Bonchev–Trinajstić information content (AvgIpc) is 2.31. The molecule has 0 aromatic carbocycles. The van der Waals surface area contributed by atoms with Crippen LogP contribution in [-0.2, 0) is 0 Å². The van der Waals surface area contributed by atoms with E-state index in [1.165, 1.54) is 5.57 Å². The first kappa shape index (κ1) is 11.1. The van der Waals surface area contributed by atoms with Gasteiger partial charge in [-0.15, -0.1) is 0 Å². The van der Waals surface area contributed by atoms with Gasteiger partial charge in [-0.05, 0) is 37.6 Å². The monoisotopic (exact) mass is 233 g/mol. The van der Waals surface area contributed by atoms with E-state index in [4.69, 9.17) is 11.6 Å². The lowest BCUT2D eigenvalue weighted by atomic mass is 9.95. The van der Waals surface area contributed by atoms with Gasteiger partial charge in [0.2, 0.25) is 0 Å². The van der Waals surface area contributed by atoms with Crippen LogP contribution in [0, 0.1) is 11.3 Å². The maximum absolute atomic E-state index is 9.22. The first-order chi connectivity index (χ1) is 7.81. The molecule has 16 heavy (non-hydrogen) atoms. The Bertz CT molecular complexity index is 452. The summed E-state index contributed by atoms with van der Waals surface area (Å²) in [6.45, 7) is 1.88. The van der Waals surface area contributed by atoms with Crippen LogP contribution in [0.15, 0.2) is 24.0 Å². The molecular weight excluding hydrogens is 222 g/mol. The molecule has 2 rings (SSSR count). The summed E-state index contributed by atoms with van der Waals surface area (Å²) in [7, 11) is 0. The fraction of sp³-hybridized carbons (Fsp3) is 0.333. The predicted molar refractivity (Wildman–Crippen MR) is 63.9 cm³/mol. The second-order valence-electron chi connectivity index (χ2n) is 3.73. The first-order valence-electron chi connectivity index (χ1n) is 5.25. The van der Waals surface area contributed by atoms with Crippen LogP contribution in [0.4, 0.5) is 0 Å². The van der Waals surface area contributed by atoms with Crippen LogP contribution in [-0.4, -0.2) is 18.1 Å². The predicted octanol–water partition coefficient (Wildman–Crippen LogP) is 2.40. The standard InChI is InChI=1S/C12H12ClN3/c13-11-5-10(7-16-8-11)12(6-14)9-1-3-15-4-2-9/h5,7-8,15H,1-4H2. The molecule has 3 nitrogen and oxygen atoms in total. The van der Waals surface area contributed by atoms with Crippen molar-refractivity contribution in [3.63, 3.8) is 0 Å². The normalized spacial score (nSPS) is 15.6. The maximum atomic E-state index is 9.22. The summed E-state index contributed by atoms with van der Waals surface area (Å²) in [6, 6.07) is 4.06. The van der Waals surface area contributed by atoms with Crippen molar-refractivity contribution in [3.8, 4) is 6.07 Å². The second-order valence-corrected chi connectivity index (χ2v) is 4.17. The Morgan fingerprint density at radius 3 is 2.75 bits per heavy atom. The highest BCUT2D eigenvalue weighted by molar-refractivity contribution is 6.30. The molecule has 1 fully saturated rings. The second kappa shape index (κ2) is 5.11. The fourth-order valence-electron chi connectivity index (χ4n) is 1.87. The van der Waals surface area contributed by atoms with Crippen molar-refractivity contribution in [2.75, 3.05) is 13.1 Å². The molecule has 0 bridgehead atoms. The molecule has 1 aliphatic heterocycles. The third-order valence-electron chi connectivity index (χ3n) is 2.67. The summed E-state index contributed by atoms with van der Waals surface area (Å²) in [6.07, 6.45) is 5.12. The zero-order valence-electron chi connectivity index (χ0n) is 8.83. The van der Waals surface area contributed by atoms with Crippen LogP contribution in [0.2, 0.25) is 5.02 Å². The number of allylic oxidation sites excluding steroid dienone is 1. The molecule has 0 radical (unpaired) electrons. The lowest BCUT2D eigenvalue weighted by Gasteiger charge is -2.17. The smallest absolute Gasteiger partial charge is 0.0998 e. The summed E-state index contributed by atoms with van der Waals surface area (Å²) in [5, 5.41) is 13.1. The molecule has 0 aliphatic carbocycles. The van der Waals surface area contributed by atoms with Gasteiger partial charge in [0.1, 0.15) is 0 Å². The molecule has 0 unspecified atom stereocenters. The Morgan fingerprint density at radius 2 is 2.12 bits per heavy atom. The van der Waals surface area contributed by atoms with Crippen molar-refractivity contribution in [2.45, 2.75) is 12.8 Å². The number of nitrogens with zero attached hydrogens (tertiary/aromatic N) is 2. The molecule has 1 aromatic heterocycles. The molecule has 1 N–H and O–H groups in total. The van der Waals surface area contributed by atoms with Crippen LogP contribution in [0.5, 0.6) is 0 Å². The number of nitrogens with one attached hydrogen (secondary N) is 1. The number of halogens is 1. The third-order valence-corrected chi connectivity index (χ3v) is 2.87. The third kappa shape index (κ3) is 2.41. The number of aromatic nitrogens is 1. The number of pyridine rings is 1. The van der Waals surface area contributed by atoms with Crippen molar-refractivity contribution in [2.24, 2.45) is 0 Å². The van der Waals surface area contributed by atoms with E-state index in [-0.39, 0.29) is 0 Å². The number of nitriles is 1. The molecule has 0 atom stereocenters. The largest absolute Gasteiger partial charge is 0.316 e. The van der Waals surface area contributed by atoms with Gasteiger partial charge in [-0.25, -0.2) is 0 Å². The summed E-state index contributed by atoms with van der Waals surface area (Å²) in [5.74, 6) is 0. The lowest BCUT2D eigenvalue weighted by Crippen LogP contribution is -2.23. The van der Waals surface area contributed by atoms with Crippen LogP contribution in [0.3, 0.4) is 0 Å². The Hall–Kier alpha value is -1.37. The Kier molecular flexibility index (Phi) is 3.55. The van der Waals surface area contributed by atoms with Crippen LogP contribution in [0.25, 0.3) is 5.57 Å². The Labute approximate surface area is 99.8 Å². The number of rotatable bonds is 1. The van der Waals surface area contributed by atoms with Crippen molar-refractivity contribution < 1.29 is 0 Å². The Balaban J connectivity index is 2.39. The minimum absolute atomic E-state index is 0.569. The van der Waals surface area contributed by atoms with Gasteiger partial charge in [0.25, 0.3) is 0 Å². The van der Waals surface area contributed by atoms with Gasteiger partial charge in [-0.2, -0.15) is 5.26 Å². The summed E-state index contributed by atoms with van der Waals surface area (Å²) in [4.78, 5) is 4.02. The minimum atomic E-state index is 0.569. The van der Waals surface area contributed by atoms with E-state index in [1.807, 2.05) is 0 Å². The molecule has 1 aliphatic rings. The van der Waals surface area contributed by atoms with Gasteiger partial charge in [-0.3, -0.25) is 4.98 Å². The highest BCUT2D eigenvalue weighted by Crippen LogP contribution is 2.25. The van der Waals surface area contributed by atoms with E-state index < -0.39 is 0 Å². The van der Waals surface area contributed by atoms with Gasteiger partial charge >= 0.3 is 0 Å². The maximum Gasteiger partial charge on any atom is 0.0998 e. The number of hydrogen-bond acceptors (Lipinski definition) is 3. The number of piperidine rings is 1. The van der Waals surface area contributed by atoms with Gasteiger partial charge in [0.05, 0.1) is 16.7 Å². The van der Waals surface area contributed by atoms with Gasteiger partial charge in [-0.1, -0.05) is 11.6 Å². The minimum Gasteiger partial charge on any atom is -0.316 e. The summed E-state index contributed by atoms with van der Waals surface area (Å²) < 4.78 is 0. The molecule has 0 amide bonds. The zero-order valence-corrected chi connectivity index (χ0v) is 9.59. The highest BCUT2D eigenvalue weighted by atomic mass is 35.5. The lowest BCUT2D eigenvalue weighted by molar-refractivity contribution is 0.612. The fourth-order valence-corrected chi connectivity index (χ4v) is 2.05. The van der Waals surface area contributed by atoms with Crippen LogP contribution < -0.4 is 5.32 Å². The van der Waals surface area contributed by atoms with Crippen LogP contribution >= 0.6 is 11.6 Å². The van der Waals surface area contributed by atoms with E-state index in [9.17, 15) is 5.26 Å².